The van der Waals surface area contributed by atoms with Gasteiger partial charge in [0.15, 0.2) is 0 Å². The van der Waals surface area contributed by atoms with E-state index in [2.05, 4.69) is 10.6 Å². The number of halogens is 1. The molecule has 0 aliphatic carbocycles. The van der Waals surface area contributed by atoms with Gasteiger partial charge in [0.1, 0.15) is 11.4 Å². The van der Waals surface area contributed by atoms with Crippen molar-refractivity contribution in [3.05, 3.63) is 29.6 Å². The summed E-state index contributed by atoms with van der Waals surface area (Å²) in [6.45, 7) is 1.40. The monoisotopic (exact) mass is 282 g/mol. The van der Waals surface area contributed by atoms with Crippen molar-refractivity contribution < 1.29 is 18.7 Å². The molecule has 0 saturated carbocycles. The number of carbonyl (C=O) groups is 1. The fourth-order valence-corrected chi connectivity index (χ4v) is 2.27. The quantitative estimate of drug-likeness (QED) is 0.857. The van der Waals surface area contributed by atoms with Crippen LogP contribution in [0.3, 0.4) is 0 Å². The Kier molecular flexibility index (Phi) is 4.57. The average Bonchev–Trinajstić information content (AvgIpc) is 2.94. The van der Waals surface area contributed by atoms with Crippen molar-refractivity contribution in [2.75, 3.05) is 39.2 Å². The first-order valence-corrected chi connectivity index (χ1v) is 6.49. The number of benzene rings is 1. The van der Waals surface area contributed by atoms with E-state index in [0.717, 1.165) is 6.42 Å². The van der Waals surface area contributed by atoms with Crippen LogP contribution in [0.5, 0.6) is 0 Å². The maximum absolute atomic E-state index is 13.6. The number of anilines is 1. The highest BCUT2D eigenvalue weighted by Crippen LogP contribution is 2.23. The van der Waals surface area contributed by atoms with Crippen LogP contribution in [-0.2, 0) is 9.47 Å². The molecule has 2 rings (SSSR count). The third kappa shape index (κ3) is 2.91. The van der Waals surface area contributed by atoms with Crippen molar-refractivity contribution in [2.24, 2.45) is 0 Å². The second-order valence-electron chi connectivity index (χ2n) is 4.78. The number of hydrogen-bond donors (Lipinski definition) is 2. The van der Waals surface area contributed by atoms with Gasteiger partial charge in [0.05, 0.1) is 17.9 Å². The molecular weight excluding hydrogens is 263 g/mol. The lowest BCUT2D eigenvalue weighted by atomic mass is 10.0. The van der Waals surface area contributed by atoms with Gasteiger partial charge in [0.25, 0.3) is 5.91 Å². The standard InChI is InChI=1S/C14H19FN2O3/c1-16-12-10(4-3-5-11(12)15)13(18)17-8-14(19-2)6-7-20-9-14/h3-5,16H,6-9H2,1-2H3,(H,17,18). The van der Waals surface area contributed by atoms with E-state index in [0.29, 0.717) is 19.8 Å². The van der Waals surface area contributed by atoms with Gasteiger partial charge in [-0.15, -0.1) is 0 Å². The molecule has 110 valence electrons. The van der Waals surface area contributed by atoms with E-state index in [-0.39, 0.29) is 17.2 Å². The minimum Gasteiger partial charge on any atom is -0.385 e. The Morgan fingerprint density at radius 2 is 2.35 bits per heavy atom. The van der Waals surface area contributed by atoms with Crippen molar-refractivity contribution in [1.29, 1.82) is 0 Å². The molecular formula is C14H19FN2O3. The summed E-state index contributed by atoms with van der Waals surface area (Å²) >= 11 is 0. The normalized spacial score (nSPS) is 21.8. The van der Waals surface area contributed by atoms with Crippen LogP contribution in [0.2, 0.25) is 0 Å². The number of ether oxygens (including phenoxy) is 2. The highest BCUT2D eigenvalue weighted by Gasteiger charge is 2.35. The Hall–Kier alpha value is -1.66. The zero-order valence-corrected chi connectivity index (χ0v) is 11.7. The Morgan fingerprint density at radius 3 is 2.95 bits per heavy atom. The van der Waals surface area contributed by atoms with Gasteiger partial charge in [0.2, 0.25) is 0 Å². The summed E-state index contributed by atoms with van der Waals surface area (Å²) in [6.07, 6.45) is 0.728. The number of nitrogens with one attached hydrogen (secondary N) is 2. The molecule has 1 atom stereocenters. The van der Waals surface area contributed by atoms with Gasteiger partial charge in [-0.1, -0.05) is 6.07 Å². The number of hydrogen-bond acceptors (Lipinski definition) is 4. The zero-order valence-electron chi connectivity index (χ0n) is 11.7. The molecule has 1 aliphatic heterocycles. The van der Waals surface area contributed by atoms with Crippen molar-refractivity contribution >= 4 is 11.6 Å². The third-order valence-corrected chi connectivity index (χ3v) is 3.58. The van der Waals surface area contributed by atoms with E-state index >= 15 is 0 Å². The first-order chi connectivity index (χ1) is 9.62. The Balaban J connectivity index is 2.07. The van der Waals surface area contributed by atoms with Crippen molar-refractivity contribution in [3.63, 3.8) is 0 Å². The summed E-state index contributed by atoms with van der Waals surface area (Å²) in [7, 11) is 3.18. The lowest BCUT2D eigenvalue weighted by Gasteiger charge is -2.26. The number of carbonyl (C=O) groups excluding carboxylic acids is 1. The fraction of sp³-hybridized carbons (Fsp3) is 0.500. The van der Waals surface area contributed by atoms with E-state index in [9.17, 15) is 9.18 Å². The summed E-state index contributed by atoms with van der Waals surface area (Å²) in [5, 5.41) is 5.49. The number of para-hydroxylation sites is 1. The van der Waals surface area contributed by atoms with Gasteiger partial charge in [-0.05, 0) is 12.1 Å². The summed E-state index contributed by atoms with van der Waals surface area (Å²) in [5.74, 6) is -0.789. The van der Waals surface area contributed by atoms with E-state index in [1.807, 2.05) is 0 Å². The van der Waals surface area contributed by atoms with Gasteiger partial charge < -0.3 is 20.1 Å². The highest BCUT2D eigenvalue weighted by molar-refractivity contribution is 5.99. The Morgan fingerprint density at radius 1 is 1.55 bits per heavy atom. The molecule has 0 spiro atoms. The third-order valence-electron chi connectivity index (χ3n) is 3.58. The Bertz CT molecular complexity index is 487. The summed E-state index contributed by atoms with van der Waals surface area (Å²) in [6, 6.07) is 4.40. The van der Waals surface area contributed by atoms with Crippen LogP contribution in [0.4, 0.5) is 10.1 Å². The maximum Gasteiger partial charge on any atom is 0.253 e. The molecule has 5 nitrogen and oxygen atoms in total. The van der Waals surface area contributed by atoms with Gasteiger partial charge in [0, 0.05) is 33.7 Å². The van der Waals surface area contributed by atoms with E-state index < -0.39 is 11.4 Å². The van der Waals surface area contributed by atoms with Gasteiger partial charge in [-0.2, -0.15) is 0 Å². The molecule has 6 heteroatoms. The summed E-state index contributed by atoms with van der Waals surface area (Å²) in [4.78, 5) is 12.2. The fourth-order valence-electron chi connectivity index (χ4n) is 2.27. The number of methoxy groups -OCH3 is 1. The lowest BCUT2D eigenvalue weighted by molar-refractivity contribution is -0.0148. The average molecular weight is 282 g/mol. The van der Waals surface area contributed by atoms with Crippen LogP contribution in [0.25, 0.3) is 0 Å². The predicted molar refractivity (Wildman–Crippen MR) is 73.5 cm³/mol. The highest BCUT2D eigenvalue weighted by atomic mass is 19.1. The van der Waals surface area contributed by atoms with Crippen LogP contribution < -0.4 is 10.6 Å². The van der Waals surface area contributed by atoms with Gasteiger partial charge >= 0.3 is 0 Å². The molecule has 1 fully saturated rings. The molecule has 1 aromatic rings. The van der Waals surface area contributed by atoms with Gasteiger partial charge in [-0.3, -0.25) is 4.79 Å². The molecule has 0 aromatic heterocycles. The molecule has 1 unspecified atom stereocenters. The predicted octanol–water partition coefficient (Wildman–Crippen LogP) is 1.40. The molecule has 1 saturated heterocycles. The number of amides is 1. The Labute approximate surface area is 117 Å². The zero-order chi connectivity index (χ0) is 14.6. The molecule has 1 amide bonds. The summed E-state index contributed by atoms with van der Waals surface area (Å²) < 4.78 is 24.3. The second-order valence-corrected chi connectivity index (χ2v) is 4.78. The molecule has 2 N–H and O–H groups in total. The molecule has 0 bridgehead atoms. The second kappa shape index (κ2) is 6.19. The molecule has 1 heterocycles. The molecule has 0 radical (unpaired) electrons. The minimum absolute atomic E-state index is 0.194. The minimum atomic E-state index is -0.483. The van der Waals surface area contributed by atoms with Crippen molar-refractivity contribution in [3.8, 4) is 0 Å². The van der Waals surface area contributed by atoms with Crippen molar-refractivity contribution in [1.82, 2.24) is 5.32 Å². The number of rotatable bonds is 5. The lowest BCUT2D eigenvalue weighted by Crippen LogP contribution is -2.45. The van der Waals surface area contributed by atoms with Crippen LogP contribution >= 0.6 is 0 Å². The van der Waals surface area contributed by atoms with E-state index in [1.165, 1.54) is 12.1 Å². The van der Waals surface area contributed by atoms with Crippen molar-refractivity contribution in [2.45, 2.75) is 12.0 Å². The molecule has 20 heavy (non-hydrogen) atoms. The topological polar surface area (TPSA) is 59.6 Å². The maximum atomic E-state index is 13.6. The molecule has 1 aliphatic rings. The SMILES string of the molecule is CNc1c(F)cccc1C(=O)NCC1(OC)CCOC1. The van der Waals surface area contributed by atoms with Crippen LogP contribution in [0, 0.1) is 5.82 Å². The van der Waals surface area contributed by atoms with Crippen LogP contribution in [0.1, 0.15) is 16.8 Å². The first-order valence-electron chi connectivity index (χ1n) is 6.49. The first kappa shape index (κ1) is 14.7. The largest absolute Gasteiger partial charge is 0.385 e. The smallest absolute Gasteiger partial charge is 0.253 e. The molecule has 1 aromatic carbocycles. The summed E-state index contributed by atoms with van der Waals surface area (Å²) in [5.41, 5.74) is -0.0141. The van der Waals surface area contributed by atoms with Crippen LogP contribution in [0.15, 0.2) is 18.2 Å². The van der Waals surface area contributed by atoms with E-state index in [1.54, 1.807) is 20.2 Å². The van der Waals surface area contributed by atoms with Gasteiger partial charge in [-0.25, -0.2) is 4.39 Å². The van der Waals surface area contributed by atoms with Crippen LogP contribution in [-0.4, -0.2) is 45.4 Å². The van der Waals surface area contributed by atoms with E-state index in [4.69, 9.17) is 9.47 Å².